The Morgan fingerprint density at radius 2 is 2.29 bits per heavy atom. The van der Waals surface area contributed by atoms with Crippen molar-refractivity contribution in [3.8, 4) is 0 Å². The number of halogens is 2. The third-order valence-corrected chi connectivity index (χ3v) is 0.444. The quantitative estimate of drug-likeness (QED) is 0.523. The third-order valence-electron chi connectivity index (χ3n) is 0.444. The number of carbonyl (C=O) groups is 1. The molecule has 4 heteroatoms. The highest BCUT2D eigenvalue weighted by Gasteiger charge is 2.10. The lowest BCUT2D eigenvalue weighted by Gasteiger charge is -1.91. The number of alkyl halides is 2. The number of rotatable bonds is 2. The van der Waals surface area contributed by atoms with E-state index in [1.54, 1.807) is 0 Å². The first kappa shape index (κ1) is 6.33. The van der Waals surface area contributed by atoms with Crippen LogP contribution in [0, 0.1) is 0 Å². The van der Waals surface area contributed by atoms with Crippen LogP contribution in [0.1, 0.15) is 0 Å². The van der Waals surface area contributed by atoms with Crippen molar-refractivity contribution < 1.29 is 13.6 Å². The second kappa shape index (κ2) is 2.49. The van der Waals surface area contributed by atoms with Gasteiger partial charge >= 0.3 is 0 Å². The maximum Gasteiger partial charge on any atom is 0.254 e. The number of amides is 1. The summed E-state index contributed by atoms with van der Waals surface area (Å²) in [5.41, 5.74) is 4.29. The van der Waals surface area contributed by atoms with Crippen LogP contribution in [-0.4, -0.2) is 18.8 Å². The summed E-state index contributed by atoms with van der Waals surface area (Å²) >= 11 is 0. The topological polar surface area (TPSA) is 43.1 Å². The molecule has 0 rings (SSSR count). The van der Waals surface area contributed by atoms with Crippen molar-refractivity contribution in [1.82, 2.24) is 0 Å². The molecule has 7 heavy (non-hydrogen) atoms. The average molecular weight is 109 g/mol. The molecule has 1 amide bonds. The van der Waals surface area contributed by atoms with E-state index >= 15 is 0 Å². The van der Waals surface area contributed by atoms with Gasteiger partial charge in [-0.05, 0) is 0 Å². The Labute approximate surface area is 39.3 Å². The second-order valence-corrected chi connectivity index (χ2v) is 1.02. The van der Waals surface area contributed by atoms with Crippen molar-refractivity contribution in [3.63, 3.8) is 0 Å². The monoisotopic (exact) mass is 109 g/mol. The Kier molecular flexibility index (Phi) is 2.26. The van der Waals surface area contributed by atoms with Crippen molar-refractivity contribution >= 4 is 5.91 Å². The fourth-order valence-electron chi connectivity index (χ4n) is 0.0760. The smallest absolute Gasteiger partial charge is 0.254 e. The predicted molar refractivity (Wildman–Crippen MR) is 20.1 cm³/mol. The molecule has 0 heterocycles. The molecule has 0 aliphatic heterocycles. The van der Waals surface area contributed by atoms with Gasteiger partial charge in [0.1, 0.15) is 6.67 Å². The first-order chi connectivity index (χ1) is 3.18. The molecule has 0 aliphatic rings. The molecule has 2 N–H and O–H groups in total. The largest absolute Gasteiger partial charge is 0.367 e. The molecule has 0 fully saturated rings. The maximum absolute atomic E-state index is 11.4. The highest BCUT2D eigenvalue weighted by molar-refractivity contribution is 5.78. The van der Waals surface area contributed by atoms with Gasteiger partial charge in [0.25, 0.3) is 5.91 Å². The molecule has 2 nitrogen and oxygen atoms in total. The molecule has 0 aromatic rings. The second-order valence-electron chi connectivity index (χ2n) is 1.02. The van der Waals surface area contributed by atoms with Crippen molar-refractivity contribution in [2.75, 3.05) is 6.67 Å². The Hall–Kier alpha value is -0.670. The van der Waals surface area contributed by atoms with E-state index in [9.17, 15) is 13.6 Å². The van der Waals surface area contributed by atoms with E-state index in [1.165, 1.54) is 0 Å². The van der Waals surface area contributed by atoms with E-state index < -0.39 is 18.8 Å². The van der Waals surface area contributed by atoms with Gasteiger partial charge in [0.2, 0.25) is 6.17 Å². The highest BCUT2D eigenvalue weighted by Crippen LogP contribution is 1.87. The van der Waals surface area contributed by atoms with E-state index in [0.29, 0.717) is 0 Å². The van der Waals surface area contributed by atoms with Crippen LogP contribution in [-0.2, 0) is 4.79 Å². The Bertz CT molecular complexity index is 75.3. The van der Waals surface area contributed by atoms with Crippen LogP contribution in [0.5, 0.6) is 0 Å². The highest BCUT2D eigenvalue weighted by atomic mass is 19.2. The van der Waals surface area contributed by atoms with Crippen molar-refractivity contribution in [1.29, 1.82) is 0 Å². The van der Waals surface area contributed by atoms with Crippen LogP contribution >= 0.6 is 0 Å². The summed E-state index contributed by atoms with van der Waals surface area (Å²) in [5, 5.41) is 0. The fourth-order valence-corrected chi connectivity index (χ4v) is 0.0760. The number of primary amides is 1. The lowest BCUT2D eigenvalue weighted by atomic mass is 10.4. The zero-order valence-corrected chi connectivity index (χ0v) is 3.53. The number of hydrogen-bond acceptors (Lipinski definition) is 1. The maximum atomic E-state index is 11.4. The zero-order valence-electron chi connectivity index (χ0n) is 3.53. The van der Waals surface area contributed by atoms with Gasteiger partial charge in [0.05, 0.1) is 0 Å². The predicted octanol–water partition coefficient (Wildman–Crippen LogP) is -0.221. The van der Waals surface area contributed by atoms with Crippen LogP contribution in [0.15, 0.2) is 0 Å². The summed E-state index contributed by atoms with van der Waals surface area (Å²) in [5.74, 6) is -1.25. The van der Waals surface area contributed by atoms with E-state index in [1.807, 2.05) is 0 Å². The van der Waals surface area contributed by atoms with Gasteiger partial charge in [-0.3, -0.25) is 4.79 Å². The Balaban J connectivity index is 3.34. The summed E-state index contributed by atoms with van der Waals surface area (Å²) in [6.07, 6.45) is -2.12. The third kappa shape index (κ3) is 2.08. The molecule has 0 aromatic heterocycles. The number of nitrogens with two attached hydrogens (primary N) is 1. The van der Waals surface area contributed by atoms with E-state index in [-0.39, 0.29) is 0 Å². The summed E-state index contributed by atoms with van der Waals surface area (Å²) in [4.78, 5) is 9.54. The Morgan fingerprint density at radius 3 is 2.29 bits per heavy atom. The first-order valence-corrected chi connectivity index (χ1v) is 1.68. The number of hydrogen-bond donors (Lipinski definition) is 1. The normalized spacial score (nSPS) is 13.4. The van der Waals surface area contributed by atoms with Gasteiger partial charge in [-0.15, -0.1) is 0 Å². The molecule has 0 saturated carbocycles. The number of carbonyl (C=O) groups excluding carboxylic acids is 1. The average Bonchev–Trinajstić information content (AvgIpc) is 1.65. The molecule has 0 radical (unpaired) electrons. The minimum absolute atomic E-state index is 1.25. The van der Waals surface area contributed by atoms with Crippen molar-refractivity contribution in [3.05, 3.63) is 0 Å². The van der Waals surface area contributed by atoms with Crippen molar-refractivity contribution in [2.45, 2.75) is 6.17 Å². The standard InChI is InChI=1S/C3H5F2NO/c4-1-2(5)3(6)7/h2H,1H2,(H2,6,7). The van der Waals surface area contributed by atoms with E-state index in [0.717, 1.165) is 0 Å². The van der Waals surface area contributed by atoms with Crippen LogP contribution in [0.3, 0.4) is 0 Å². The molecule has 1 unspecified atom stereocenters. The van der Waals surface area contributed by atoms with Gasteiger partial charge in [-0.2, -0.15) is 0 Å². The summed E-state index contributed by atoms with van der Waals surface area (Å²) in [7, 11) is 0. The molecule has 0 aromatic carbocycles. The zero-order chi connectivity index (χ0) is 5.86. The Morgan fingerprint density at radius 1 is 1.86 bits per heavy atom. The van der Waals surface area contributed by atoms with Crippen LogP contribution < -0.4 is 5.73 Å². The van der Waals surface area contributed by atoms with Gasteiger partial charge < -0.3 is 5.73 Å². The summed E-state index contributed by atoms with van der Waals surface area (Å²) < 4.78 is 22.4. The lowest BCUT2D eigenvalue weighted by molar-refractivity contribution is -0.123. The van der Waals surface area contributed by atoms with Gasteiger partial charge in [0, 0.05) is 0 Å². The van der Waals surface area contributed by atoms with Crippen molar-refractivity contribution in [2.24, 2.45) is 5.73 Å². The van der Waals surface area contributed by atoms with Crippen LogP contribution in [0.4, 0.5) is 8.78 Å². The lowest BCUT2D eigenvalue weighted by Crippen LogP contribution is -2.25. The summed E-state index contributed by atoms with van der Waals surface area (Å²) in [6.45, 7) is -1.32. The van der Waals surface area contributed by atoms with Gasteiger partial charge in [0.15, 0.2) is 0 Å². The fraction of sp³-hybridized carbons (Fsp3) is 0.667. The van der Waals surface area contributed by atoms with Gasteiger partial charge in [-0.25, -0.2) is 8.78 Å². The van der Waals surface area contributed by atoms with Gasteiger partial charge in [-0.1, -0.05) is 0 Å². The molecule has 0 bridgehead atoms. The molecule has 0 saturated heterocycles. The minimum atomic E-state index is -2.12. The van der Waals surface area contributed by atoms with Crippen LogP contribution in [0.2, 0.25) is 0 Å². The molecular formula is C3H5F2NO. The van der Waals surface area contributed by atoms with Crippen LogP contribution in [0.25, 0.3) is 0 Å². The molecule has 0 spiro atoms. The minimum Gasteiger partial charge on any atom is -0.367 e. The van der Waals surface area contributed by atoms with E-state index in [2.05, 4.69) is 5.73 Å². The molecule has 1 atom stereocenters. The summed E-state index contributed by atoms with van der Waals surface area (Å²) in [6, 6.07) is 0. The SMILES string of the molecule is NC(=O)C(F)CF. The van der Waals surface area contributed by atoms with E-state index in [4.69, 9.17) is 0 Å². The molecule has 0 aliphatic carbocycles. The molecular weight excluding hydrogens is 104 g/mol. The first-order valence-electron chi connectivity index (χ1n) is 1.68. The molecule has 42 valence electrons.